The largest absolute Gasteiger partial charge is 0.497 e. The number of carbonyl (C=O) groups excluding carboxylic acids is 1. The molecule has 0 spiro atoms. The van der Waals surface area contributed by atoms with Gasteiger partial charge in [0, 0.05) is 49.2 Å². The molecule has 210 valence electrons. The number of carbonyl (C=O) groups is 1. The Labute approximate surface area is 237 Å². The number of pyridine rings is 1. The number of benzene rings is 1. The van der Waals surface area contributed by atoms with E-state index in [9.17, 15) is 9.59 Å². The number of thiophene rings is 1. The summed E-state index contributed by atoms with van der Waals surface area (Å²) in [4.78, 5) is 35.6. The minimum atomic E-state index is -0.663. The maximum absolute atomic E-state index is 13.8. The highest BCUT2D eigenvalue weighted by atomic mass is 32.1. The Kier molecular flexibility index (Phi) is 7.77. The minimum Gasteiger partial charge on any atom is -0.497 e. The van der Waals surface area contributed by atoms with Gasteiger partial charge in [-0.25, -0.2) is 9.78 Å². The lowest BCUT2D eigenvalue weighted by molar-refractivity contribution is 0.0636. The van der Waals surface area contributed by atoms with Crippen molar-refractivity contribution in [3.05, 3.63) is 69.6 Å². The molecule has 5 rings (SSSR count). The van der Waals surface area contributed by atoms with Crippen LogP contribution in [0.25, 0.3) is 16.5 Å². The summed E-state index contributed by atoms with van der Waals surface area (Å²) in [5.41, 5.74) is 1.40. The second-order valence-electron chi connectivity index (χ2n) is 10.7. The average molecular weight is 563 g/mol. The Morgan fingerprint density at radius 2 is 1.80 bits per heavy atom. The number of nitrogens with one attached hydrogen (secondary N) is 1. The molecule has 0 unspecified atom stereocenters. The van der Waals surface area contributed by atoms with Crippen molar-refractivity contribution in [3.8, 4) is 11.4 Å². The molecule has 4 heterocycles. The number of anilines is 2. The van der Waals surface area contributed by atoms with Crippen LogP contribution in [0.3, 0.4) is 0 Å². The summed E-state index contributed by atoms with van der Waals surface area (Å²) < 4.78 is 12.1. The number of aryl methyl sites for hydroxylation is 1. The van der Waals surface area contributed by atoms with E-state index in [-0.39, 0.29) is 5.56 Å². The van der Waals surface area contributed by atoms with Gasteiger partial charge in [0.15, 0.2) is 0 Å². The summed E-state index contributed by atoms with van der Waals surface area (Å²) in [5, 5.41) is 11.1. The van der Waals surface area contributed by atoms with Gasteiger partial charge in [-0.3, -0.25) is 15.0 Å². The van der Waals surface area contributed by atoms with Crippen molar-refractivity contribution in [2.45, 2.75) is 39.8 Å². The highest BCUT2D eigenvalue weighted by Crippen LogP contribution is 2.31. The highest BCUT2D eigenvalue weighted by Gasteiger charge is 2.24. The molecule has 1 amide bonds. The summed E-state index contributed by atoms with van der Waals surface area (Å²) in [7, 11) is 1.60. The first-order valence-corrected chi connectivity index (χ1v) is 14.1. The van der Waals surface area contributed by atoms with E-state index in [1.807, 2.05) is 30.5 Å². The molecule has 11 heteroatoms. The number of piperazine rings is 1. The fourth-order valence-corrected chi connectivity index (χ4v) is 5.61. The van der Waals surface area contributed by atoms with Gasteiger partial charge < -0.3 is 14.4 Å². The Morgan fingerprint density at radius 3 is 2.45 bits per heavy atom. The minimum absolute atomic E-state index is 0.313. The van der Waals surface area contributed by atoms with E-state index in [2.05, 4.69) is 20.1 Å². The molecule has 0 radical (unpaired) electrons. The van der Waals surface area contributed by atoms with E-state index in [0.717, 1.165) is 48.8 Å². The third-order valence-electron chi connectivity index (χ3n) is 6.60. The molecule has 1 saturated heterocycles. The first-order chi connectivity index (χ1) is 19.1. The van der Waals surface area contributed by atoms with Crippen LogP contribution in [0.15, 0.2) is 52.6 Å². The number of amides is 1. The smallest absolute Gasteiger partial charge is 0.412 e. The zero-order chi connectivity index (χ0) is 28.4. The van der Waals surface area contributed by atoms with Gasteiger partial charge in [-0.15, -0.1) is 11.3 Å². The van der Waals surface area contributed by atoms with Crippen LogP contribution in [0.1, 0.15) is 32.2 Å². The van der Waals surface area contributed by atoms with Crippen LogP contribution in [0, 0.1) is 6.92 Å². The van der Waals surface area contributed by atoms with Crippen LogP contribution >= 0.6 is 11.3 Å². The molecular formula is C29H34N6O4S. The van der Waals surface area contributed by atoms with Gasteiger partial charge in [-0.05, 0) is 64.1 Å². The van der Waals surface area contributed by atoms with Crippen molar-refractivity contribution in [1.82, 2.24) is 19.7 Å². The third kappa shape index (κ3) is 6.10. The summed E-state index contributed by atoms with van der Waals surface area (Å²) in [5.74, 6) is 1.67. The molecule has 4 aromatic rings. The summed E-state index contributed by atoms with van der Waals surface area (Å²) in [6.07, 6.45) is -0.606. The van der Waals surface area contributed by atoms with Crippen LogP contribution in [-0.2, 0) is 11.3 Å². The molecular weight excluding hydrogens is 528 g/mol. The fraction of sp³-hybridized carbons (Fsp3) is 0.379. The molecule has 40 heavy (non-hydrogen) atoms. The number of rotatable bonds is 6. The van der Waals surface area contributed by atoms with Crippen LogP contribution in [-0.4, -0.2) is 64.6 Å². The molecule has 1 aromatic carbocycles. The Hall–Kier alpha value is -3.96. The van der Waals surface area contributed by atoms with Crippen molar-refractivity contribution < 1.29 is 14.3 Å². The Bertz CT molecular complexity index is 1570. The van der Waals surface area contributed by atoms with E-state index >= 15 is 0 Å². The lowest BCUT2D eigenvalue weighted by atomic mass is 10.2. The van der Waals surface area contributed by atoms with Crippen LogP contribution in [0.5, 0.6) is 5.75 Å². The predicted octanol–water partition coefficient (Wildman–Crippen LogP) is 4.83. The van der Waals surface area contributed by atoms with Crippen LogP contribution in [0.4, 0.5) is 15.6 Å². The number of hydrogen-bond donors (Lipinski definition) is 1. The number of nitrogens with zero attached hydrogens (tertiary/aromatic N) is 5. The van der Waals surface area contributed by atoms with Crippen molar-refractivity contribution in [1.29, 1.82) is 0 Å². The fourth-order valence-electron chi connectivity index (χ4n) is 4.66. The number of ether oxygens (including phenoxy) is 2. The molecule has 1 aliphatic rings. The Balaban J connectivity index is 1.47. The third-order valence-corrected chi connectivity index (χ3v) is 7.50. The second-order valence-corrected chi connectivity index (χ2v) is 11.6. The van der Waals surface area contributed by atoms with Gasteiger partial charge in [0.05, 0.1) is 23.9 Å². The molecule has 1 aliphatic heterocycles. The zero-order valence-corrected chi connectivity index (χ0v) is 24.2. The number of hydrogen-bond acceptors (Lipinski definition) is 9. The monoisotopic (exact) mass is 562 g/mol. The molecule has 10 nitrogen and oxygen atoms in total. The van der Waals surface area contributed by atoms with Crippen molar-refractivity contribution >= 4 is 39.0 Å². The highest BCUT2D eigenvalue weighted by molar-refractivity contribution is 7.16. The van der Waals surface area contributed by atoms with Gasteiger partial charge in [0.25, 0.3) is 5.56 Å². The van der Waals surface area contributed by atoms with E-state index < -0.39 is 11.7 Å². The predicted molar refractivity (Wildman–Crippen MR) is 158 cm³/mol. The number of methoxy groups -OCH3 is 1. The van der Waals surface area contributed by atoms with Crippen molar-refractivity contribution in [3.63, 3.8) is 0 Å². The Morgan fingerprint density at radius 1 is 1.07 bits per heavy atom. The van der Waals surface area contributed by atoms with E-state index in [1.165, 1.54) is 16.0 Å². The maximum Gasteiger partial charge on any atom is 0.412 e. The summed E-state index contributed by atoms with van der Waals surface area (Å²) in [6, 6.07) is 13.3. The van der Waals surface area contributed by atoms with Crippen molar-refractivity contribution in [2.75, 3.05) is 43.5 Å². The SMILES string of the molecule is COc1ccc(-n2nc(CN3CCN(c4cccc(C)n4)CC3)c3csc(NC(=O)OC(C)(C)C)c3c2=O)cc1. The van der Waals surface area contributed by atoms with E-state index in [4.69, 9.17) is 14.6 Å². The summed E-state index contributed by atoms with van der Waals surface area (Å²) in [6.45, 7) is 11.3. The molecule has 0 atom stereocenters. The van der Waals surface area contributed by atoms with Gasteiger partial charge in [-0.1, -0.05) is 6.07 Å². The zero-order valence-electron chi connectivity index (χ0n) is 23.4. The normalized spacial score (nSPS) is 14.4. The lowest BCUT2D eigenvalue weighted by Gasteiger charge is -2.35. The molecule has 1 fully saturated rings. The molecule has 3 aromatic heterocycles. The molecule has 0 saturated carbocycles. The molecule has 0 bridgehead atoms. The van der Waals surface area contributed by atoms with E-state index in [1.54, 1.807) is 52.1 Å². The van der Waals surface area contributed by atoms with Crippen LogP contribution < -0.4 is 20.5 Å². The van der Waals surface area contributed by atoms with Gasteiger partial charge in [0.1, 0.15) is 22.2 Å². The molecule has 1 N–H and O–H groups in total. The second kappa shape index (κ2) is 11.3. The first kappa shape index (κ1) is 27.6. The first-order valence-electron chi connectivity index (χ1n) is 13.2. The van der Waals surface area contributed by atoms with Crippen LogP contribution in [0.2, 0.25) is 0 Å². The standard InChI is InChI=1S/C29H34N6O4S/c1-19-7-6-8-24(30-19)34-15-13-33(14-16-34)17-23-22-18-40-26(31-28(37)39-29(2,3)4)25(22)27(36)35(32-23)20-9-11-21(38-5)12-10-20/h6-12,18H,13-17H2,1-5H3,(H,31,37). The van der Waals surface area contributed by atoms with Gasteiger partial charge in [-0.2, -0.15) is 9.78 Å². The molecule has 0 aliphatic carbocycles. The lowest BCUT2D eigenvalue weighted by Crippen LogP contribution is -2.46. The summed E-state index contributed by atoms with van der Waals surface area (Å²) >= 11 is 1.30. The maximum atomic E-state index is 13.8. The quantitative estimate of drug-likeness (QED) is 0.357. The van der Waals surface area contributed by atoms with Gasteiger partial charge in [0.2, 0.25) is 0 Å². The average Bonchev–Trinajstić information content (AvgIpc) is 3.34. The van der Waals surface area contributed by atoms with Gasteiger partial charge >= 0.3 is 6.09 Å². The van der Waals surface area contributed by atoms with E-state index in [0.29, 0.717) is 28.4 Å². The number of fused-ring (bicyclic) bond motifs is 1. The number of aromatic nitrogens is 3. The topological polar surface area (TPSA) is 102 Å². The van der Waals surface area contributed by atoms with Crippen molar-refractivity contribution in [2.24, 2.45) is 0 Å².